The van der Waals surface area contributed by atoms with E-state index in [1.807, 2.05) is 6.92 Å². The van der Waals surface area contributed by atoms with E-state index in [1.54, 1.807) is 0 Å². The summed E-state index contributed by atoms with van der Waals surface area (Å²) in [6.07, 6.45) is 3.53. The zero-order valence-corrected chi connectivity index (χ0v) is 8.91. The zero-order chi connectivity index (χ0) is 9.68. The van der Waals surface area contributed by atoms with Crippen LogP contribution in [0.3, 0.4) is 0 Å². The quantitative estimate of drug-likeness (QED) is 0.652. The molecule has 0 N–H and O–H groups in total. The van der Waals surface area contributed by atoms with Crippen LogP contribution in [0.25, 0.3) is 0 Å². The van der Waals surface area contributed by atoms with Crippen LogP contribution < -0.4 is 0 Å². The minimum Gasteiger partial charge on any atom is -0.487 e. The first-order chi connectivity index (χ1) is 6.22. The Morgan fingerprint density at radius 2 is 2.00 bits per heavy atom. The predicted molar refractivity (Wildman–Crippen MR) is 55.7 cm³/mol. The van der Waals surface area contributed by atoms with E-state index < -0.39 is 6.17 Å². The molecule has 0 spiro atoms. The third-order valence-electron chi connectivity index (χ3n) is 2.54. The van der Waals surface area contributed by atoms with Crippen LogP contribution in [0.1, 0.15) is 39.0 Å². The molecule has 0 amide bonds. The SMILES string of the molecule is CCC(=S)OCC1CCC(F)CC1. The van der Waals surface area contributed by atoms with Crippen molar-refractivity contribution in [1.29, 1.82) is 0 Å². The molecule has 1 aliphatic carbocycles. The lowest BCUT2D eigenvalue weighted by molar-refractivity contribution is 0.152. The minimum atomic E-state index is -0.575. The van der Waals surface area contributed by atoms with Gasteiger partial charge in [0.2, 0.25) is 0 Å². The van der Waals surface area contributed by atoms with E-state index in [0.717, 1.165) is 19.3 Å². The normalized spacial score (nSPS) is 28.5. The van der Waals surface area contributed by atoms with E-state index >= 15 is 0 Å². The molecule has 0 heterocycles. The zero-order valence-electron chi connectivity index (χ0n) is 8.09. The molecule has 0 unspecified atom stereocenters. The molecule has 0 saturated heterocycles. The molecule has 1 nitrogen and oxygen atoms in total. The van der Waals surface area contributed by atoms with E-state index in [-0.39, 0.29) is 0 Å². The molecule has 0 aromatic carbocycles. The van der Waals surface area contributed by atoms with Crippen LogP contribution in [0.15, 0.2) is 0 Å². The first-order valence-electron chi connectivity index (χ1n) is 5.02. The molecular formula is C10H17FOS. The summed E-state index contributed by atoms with van der Waals surface area (Å²) in [7, 11) is 0. The van der Waals surface area contributed by atoms with Gasteiger partial charge in [-0.15, -0.1) is 0 Å². The first kappa shape index (κ1) is 10.9. The van der Waals surface area contributed by atoms with Crippen LogP contribution in [0.5, 0.6) is 0 Å². The second kappa shape index (κ2) is 5.53. The van der Waals surface area contributed by atoms with Crippen molar-refractivity contribution in [2.75, 3.05) is 6.61 Å². The van der Waals surface area contributed by atoms with Gasteiger partial charge in [0.1, 0.15) is 6.17 Å². The van der Waals surface area contributed by atoms with E-state index in [4.69, 9.17) is 17.0 Å². The summed E-state index contributed by atoms with van der Waals surface area (Å²) < 4.78 is 18.1. The summed E-state index contributed by atoms with van der Waals surface area (Å²) >= 11 is 4.95. The van der Waals surface area contributed by atoms with Crippen LogP contribution >= 0.6 is 12.2 Å². The highest BCUT2D eigenvalue weighted by molar-refractivity contribution is 7.80. The van der Waals surface area contributed by atoms with Gasteiger partial charge in [-0.3, -0.25) is 0 Å². The lowest BCUT2D eigenvalue weighted by Crippen LogP contribution is -2.20. The van der Waals surface area contributed by atoms with Crippen molar-refractivity contribution in [2.45, 2.75) is 45.2 Å². The fraction of sp³-hybridized carbons (Fsp3) is 0.900. The molecule has 0 aromatic heterocycles. The summed E-state index contributed by atoms with van der Waals surface area (Å²) in [5.74, 6) is 0.525. The molecule has 0 radical (unpaired) electrons. The fourth-order valence-electron chi connectivity index (χ4n) is 1.60. The van der Waals surface area contributed by atoms with E-state index in [1.165, 1.54) is 0 Å². The van der Waals surface area contributed by atoms with Crippen LogP contribution in [-0.4, -0.2) is 17.8 Å². The Balaban J connectivity index is 2.12. The second-order valence-electron chi connectivity index (χ2n) is 3.65. The Hall–Kier alpha value is -0.180. The number of hydrogen-bond donors (Lipinski definition) is 0. The molecule has 0 aliphatic heterocycles. The Morgan fingerprint density at radius 3 is 2.54 bits per heavy atom. The van der Waals surface area contributed by atoms with Crippen molar-refractivity contribution < 1.29 is 9.13 Å². The highest BCUT2D eigenvalue weighted by Crippen LogP contribution is 2.26. The van der Waals surface area contributed by atoms with Crippen LogP contribution in [0.4, 0.5) is 4.39 Å². The number of alkyl halides is 1. The third-order valence-corrected chi connectivity index (χ3v) is 2.95. The molecule has 76 valence electrons. The molecule has 13 heavy (non-hydrogen) atoms. The Labute approximate surface area is 84.7 Å². The van der Waals surface area contributed by atoms with Crippen LogP contribution in [-0.2, 0) is 4.74 Å². The summed E-state index contributed by atoms with van der Waals surface area (Å²) in [6, 6.07) is 0. The Morgan fingerprint density at radius 1 is 1.38 bits per heavy atom. The molecule has 0 bridgehead atoms. The standard InChI is InChI=1S/C10H17FOS/c1-2-10(13)12-7-8-3-5-9(11)6-4-8/h8-9H,2-7H2,1H3. The molecule has 1 aliphatic rings. The molecule has 0 aromatic rings. The van der Waals surface area contributed by atoms with Crippen molar-refractivity contribution in [3.8, 4) is 0 Å². The molecular weight excluding hydrogens is 187 g/mol. The van der Waals surface area contributed by atoms with Crippen molar-refractivity contribution >= 4 is 17.3 Å². The summed E-state index contributed by atoms with van der Waals surface area (Å²) in [6.45, 7) is 2.68. The average molecular weight is 204 g/mol. The van der Waals surface area contributed by atoms with Crippen LogP contribution in [0.2, 0.25) is 0 Å². The number of rotatable bonds is 3. The summed E-state index contributed by atoms with van der Waals surface area (Å²) in [5, 5.41) is 0.683. The topological polar surface area (TPSA) is 9.23 Å². The largest absolute Gasteiger partial charge is 0.487 e. The van der Waals surface area contributed by atoms with Gasteiger partial charge in [-0.2, -0.15) is 0 Å². The lowest BCUT2D eigenvalue weighted by atomic mass is 9.89. The van der Waals surface area contributed by atoms with E-state index in [2.05, 4.69) is 0 Å². The molecule has 3 heteroatoms. The van der Waals surface area contributed by atoms with Gasteiger partial charge in [0.05, 0.1) is 6.61 Å². The fourth-order valence-corrected chi connectivity index (χ4v) is 1.67. The number of ether oxygens (including phenoxy) is 1. The van der Waals surface area contributed by atoms with Gasteiger partial charge in [-0.05, 0) is 43.8 Å². The van der Waals surface area contributed by atoms with Gasteiger partial charge in [-0.25, -0.2) is 4.39 Å². The highest BCUT2D eigenvalue weighted by Gasteiger charge is 2.20. The van der Waals surface area contributed by atoms with E-state index in [9.17, 15) is 4.39 Å². The number of hydrogen-bond acceptors (Lipinski definition) is 2. The van der Waals surface area contributed by atoms with Crippen molar-refractivity contribution in [3.05, 3.63) is 0 Å². The summed E-state index contributed by atoms with van der Waals surface area (Å²) in [5.41, 5.74) is 0. The maximum absolute atomic E-state index is 12.8. The first-order valence-corrected chi connectivity index (χ1v) is 5.43. The third kappa shape index (κ3) is 4.03. The van der Waals surface area contributed by atoms with Crippen molar-refractivity contribution in [2.24, 2.45) is 5.92 Å². The highest BCUT2D eigenvalue weighted by atomic mass is 32.1. The van der Waals surface area contributed by atoms with Crippen molar-refractivity contribution in [1.82, 2.24) is 0 Å². The molecule has 1 rings (SSSR count). The second-order valence-corrected chi connectivity index (χ2v) is 4.11. The molecule has 0 atom stereocenters. The lowest BCUT2D eigenvalue weighted by Gasteiger charge is -2.24. The maximum atomic E-state index is 12.8. The van der Waals surface area contributed by atoms with Gasteiger partial charge in [0, 0.05) is 6.42 Å². The van der Waals surface area contributed by atoms with Gasteiger partial charge >= 0.3 is 0 Å². The summed E-state index contributed by atoms with van der Waals surface area (Å²) in [4.78, 5) is 0. The Bertz CT molecular complexity index is 164. The predicted octanol–water partition coefficient (Wildman–Crippen LogP) is 3.27. The minimum absolute atomic E-state index is 0.525. The Kier molecular flexibility index (Phi) is 4.64. The monoisotopic (exact) mass is 204 g/mol. The van der Waals surface area contributed by atoms with Gasteiger partial charge in [0.25, 0.3) is 0 Å². The van der Waals surface area contributed by atoms with Gasteiger partial charge < -0.3 is 4.74 Å². The van der Waals surface area contributed by atoms with E-state index in [0.29, 0.717) is 30.4 Å². The van der Waals surface area contributed by atoms with Crippen LogP contribution in [0, 0.1) is 5.92 Å². The average Bonchev–Trinajstić information content (AvgIpc) is 2.16. The molecule has 1 saturated carbocycles. The smallest absolute Gasteiger partial charge is 0.159 e. The molecule has 1 fully saturated rings. The van der Waals surface area contributed by atoms with Crippen molar-refractivity contribution in [3.63, 3.8) is 0 Å². The van der Waals surface area contributed by atoms with Gasteiger partial charge in [0.15, 0.2) is 5.05 Å². The maximum Gasteiger partial charge on any atom is 0.159 e. The number of thiocarbonyl (C=S) groups is 1. The number of halogens is 1. The van der Waals surface area contributed by atoms with Gasteiger partial charge in [-0.1, -0.05) is 6.92 Å².